The zero-order valence-electron chi connectivity index (χ0n) is 13.0. The Balaban J connectivity index is 1.45. The SMILES string of the molecule is O=C(NCC1CC1c1ccccc1)NC(CO)c1ccccc1. The summed E-state index contributed by atoms with van der Waals surface area (Å²) >= 11 is 0. The third-order valence-electron chi connectivity index (χ3n) is 4.36. The Morgan fingerprint density at radius 1 is 1.09 bits per heavy atom. The van der Waals surface area contributed by atoms with E-state index in [4.69, 9.17) is 0 Å². The monoisotopic (exact) mass is 310 g/mol. The summed E-state index contributed by atoms with van der Waals surface area (Å²) < 4.78 is 0. The van der Waals surface area contributed by atoms with Gasteiger partial charge >= 0.3 is 6.03 Å². The lowest BCUT2D eigenvalue weighted by atomic mass is 10.1. The number of hydrogen-bond acceptors (Lipinski definition) is 2. The Hall–Kier alpha value is -2.33. The lowest BCUT2D eigenvalue weighted by Gasteiger charge is -2.17. The molecule has 0 bridgehead atoms. The minimum absolute atomic E-state index is 0.118. The highest BCUT2D eigenvalue weighted by Crippen LogP contribution is 2.46. The molecule has 3 N–H and O–H groups in total. The average molecular weight is 310 g/mol. The molecule has 0 aliphatic heterocycles. The fraction of sp³-hybridized carbons (Fsp3) is 0.316. The van der Waals surface area contributed by atoms with Gasteiger partial charge in [0.1, 0.15) is 0 Å². The van der Waals surface area contributed by atoms with Gasteiger partial charge in [0.15, 0.2) is 0 Å². The lowest BCUT2D eigenvalue weighted by molar-refractivity contribution is 0.216. The molecule has 0 spiro atoms. The Bertz CT molecular complexity index is 630. The van der Waals surface area contributed by atoms with Crippen molar-refractivity contribution in [3.8, 4) is 0 Å². The van der Waals surface area contributed by atoms with Crippen LogP contribution in [-0.2, 0) is 0 Å². The van der Waals surface area contributed by atoms with Crippen LogP contribution in [-0.4, -0.2) is 24.3 Å². The van der Waals surface area contributed by atoms with E-state index in [1.165, 1.54) is 5.56 Å². The first-order valence-electron chi connectivity index (χ1n) is 8.03. The van der Waals surface area contributed by atoms with Gasteiger partial charge in [0.25, 0.3) is 0 Å². The number of urea groups is 1. The third kappa shape index (κ3) is 4.11. The summed E-state index contributed by atoms with van der Waals surface area (Å²) in [6.07, 6.45) is 1.12. The first-order chi connectivity index (χ1) is 11.3. The number of nitrogens with one attached hydrogen (secondary N) is 2. The van der Waals surface area contributed by atoms with Crippen LogP contribution in [0.4, 0.5) is 4.79 Å². The van der Waals surface area contributed by atoms with Crippen molar-refractivity contribution < 1.29 is 9.90 Å². The molecule has 120 valence electrons. The number of benzene rings is 2. The maximum Gasteiger partial charge on any atom is 0.315 e. The summed E-state index contributed by atoms with van der Waals surface area (Å²) in [5.41, 5.74) is 2.25. The fourth-order valence-corrected chi connectivity index (χ4v) is 2.93. The number of aliphatic hydroxyl groups is 1. The molecular weight excluding hydrogens is 288 g/mol. The number of amides is 2. The maximum atomic E-state index is 12.0. The van der Waals surface area contributed by atoms with Gasteiger partial charge in [-0.15, -0.1) is 0 Å². The average Bonchev–Trinajstić information content (AvgIpc) is 3.39. The van der Waals surface area contributed by atoms with Crippen molar-refractivity contribution >= 4 is 6.03 Å². The molecule has 0 aromatic heterocycles. The maximum absolute atomic E-state index is 12.0. The smallest absolute Gasteiger partial charge is 0.315 e. The van der Waals surface area contributed by atoms with Crippen LogP contribution >= 0.6 is 0 Å². The van der Waals surface area contributed by atoms with Crippen LogP contribution in [0.3, 0.4) is 0 Å². The summed E-state index contributed by atoms with van der Waals surface area (Å²) in [7, 11) is 0. The molecule has 1 aliphatic carbocycles. The highest BCUT2D eigenvalue weighted by molar-refractivity contribution is 5.74. The standard InChI is InChI=1S/C19H22N2O2/c22-13-18(15-9-5-2-6-10-15)21-19(23)20-12-16-11-17(16)14-7-3-1-4-8-14/h1-10,16-18,22H,11-13H2,(H2,20,21,23). The number of hydrogen-bond donors (Lipinski definition) is 3. The van der Waals surface area contributed by atoms with Gasteiger partial charge in [0.2, 0.25) is 0 Å². The summed E-state index contributed by atoms with van der Waals surface area (Å²) in [6, 6.07) is 19.3. The van der Waals surface area contributed by atoms with E-state index in [1.807, 2.05) is 36.4 Å². The second-order valence-electron chi connectivity index (χ2n) is 6.01. The number of rotatable bonds is 6. The van der Waals surface area contributed by atoms with Crippen molar-refractivity contribution in [2.75, 3.05) is 13.2 Å². The van der Waals surface area contributed by atoms with Crippen LogP contribution < -0.4 is 10.6 Å². The molecule has 0 saturated heterocycles. The van der Waals surface area contributed by atoms with E-state index < -0.39 is 0 Å². The van der Waals surface area contributed by atoms with E-state index in [-0.39, 0.29) is 18.7 Å². The quantitative estimate of drug-likeness (QED) is 0.768. The van der Waals surface area contributed by atoms with Gasteiger partial charge in [0, 0.05) is 6.54 Å². The van der Waals surface area contributed by atoms with Gasteiger partial charge in [-0.3, -0.25) is 0 Å². The predicted molar refractivity (Wildman–Crippen MR) is 90.1 cm³/mol. The van der Waals surface area contributed by atoms with Gasteiger partial charge in [-0.25, -0.2) is 4.79 Å². The fourth-order valence-electron chi connectivity index (χ4n) is 2.93. The molecule has 3 atom stereocenters. The number of carbonyl (C=O) groups is 1. The molecule has 4 nitrogen and oxygen atoms in total. The van der Waals surface area contributed by atoms with Crippen molar-refractivity contribution in [1.82, 2.24) is 10.6 Å². The Morgan fingerprint density at radius 2 is 1.74 bits per heavy atom. The van der Waals surface area contributed by atoms with E-state index in [0.717, 1.165) is 12.0 Å². The van der Waals surface area contributed by atoms with E-state index in [2.05, 4.69) is 34.9 Å². The lowest BCUT2D eigenvalue weighted by Crippen LogP contribution is -2.40. The number of aliphatic hydroxyl groups excluding tert-OH is 1. The first-order valence-corrected chi connectivity index (χ1v) is 8.03. The van der Waals surface area contributed by atoms with Crippen LogP contribution in [0.2, 0.25) is 0 Å². The molecule has 2 amide bonds. The second kappa shape index (κ2) is 7.29. The molecule has 1 saturated carbocycles. The van der Waals surface area contributed by atoms with Crippen LogP contribution in [0.1, 0.15) is 29.5 Å². The molecular formula is C19H22N2O2. The molecule has 23 heavy (non-hydrogen) atoms. The highest BCUT2D eigenvalue weighted by atomic mass is 16.3. The van der Waals surface area contributed by atoms with Gasteiger partial charge in [-0.1, -0.05) is 60.7 Å². The van der Waals surface area contributed by atoms with E-state index >= 15 is 0 Å². The molecule has 0 heterocycles. The normalized spacial score (nSPS) is 20.6. The Labute approximate surface area is 136 Å². The third-order valence-corrected chi connectivity index (χ3v) is 4.36. The Morgan fingerprint density at radius 3 is 2.39 bits per heavy atom. The second-order valence-corrected chi connectivity index (χ2v) is 6.01. The molecule has 2 aromatic carbocycles. The number of carbonyl (C=O) groups excluding carboxylic acids is 1. The summed E-state index contributed by atoms with van der Waals surface area (Å²) in [5.74, 6) is 1.06. The molecule has 1 aliphatic rings. The summed E-state index contributed by atoms with van der Waals surface area (Å²) in [6.45, 7) is 0.547. The van der Waals surface area contributed by atoms with Gasteiger partial charge in [-0.2, -0.15) is 0 Å². The highest BCUT2D eigenvalue weighted by Gasteiger charge is 2.38. The molecule has 4 heteroatoms. The van der Waals surface area contributed by atoms with Crippen molar-refractivity contribution in [3.05, 3.63) is 71.8 Å². The minimum atomic E-state index is -0.375. The minimum Gasteiger partial charge on any atom is -0.394 e. The van der Waals surface area contributed by atoms with Gasteiger partial charge < -0.3 is 15.7 Å². The predicted octanol–water partition coefficient (Wildman–Crippen LogP) is 2.82. The molecule has 1 fully saturated rings. The van der Waals surface area contributed by atoms with Crippen LogP contribution in [0, 0.1) is 5.92 Å². The molecule has 3 rings (SSSR count). The van der Waals surface area contributed by atoms with Gasteiger partial charge in [-0.05, 0) is 29.4 Å². The topological polar surface area (TPSA) is 61.4 Å². The van der Waals surface area contributed by atoms with Crippen LogP contribution in [0.25, 0.3) is 0 Å². The summed E-state index contributed by atoms with van der Waals surface area (Å²) in [4.78, 5) is 12.0. The van der Waals surface area contributed by atoms with E-state index in [9.17, 15) is 9.90 Å². The molecule has 2 aromatic rings. The van der Waals surface area contributed by atoms with Crippen molar-refractivity contribution in [2.45, 2.75) is 18.4 Å². The van der Waals surface area contributed by atoms with Crippen LogP contribution in [0.15, 0.2) is 60.7 Å². The van der Waals surface area contributed by atoms with E-state index in [1.54, 1.807) is 0 Å². The van der Waals surface area contributed by atoms with Gasteiger partial charge in [0.05, 0.1) is 12.6 Å². The van der Waals surface area contributed by atoms with E-state index in [0.29, 0.717) is 18.4 Å². The largest absolute Gasteiger partial charge is 0.394 e. The van der Waals surface area contributed by atoms with Crippen molar-refractivity contribution in [1.29, 1.82) is 0 Å². The Kier molecular flexibility index (Phi) is 4.93. The zero-order chi connectivity index (χ0) is 16.1. The van der Waals surface area contributed by atoms with Crippen LogP contribution in [0.5, 0.6) is 0 Å². The summed E-state index contributed by atoms with van der Waals surface area (Å²) in [5, 5.41) is 15.2. The molecule has 0 radical (unpaired) electrons. The zero-order valence-corrected chi connectivity index (χ0v) is 13.0. The first kappa shape index (κ1) is 15.6. The van der Waals surface area contributed by atoms with Crippen molar-refractivity contribution in [2.24, 2.45) is 5.92 Å². The van der Waals surface area contributed by atoms with Crippen molar-refractivity contribution in [3.63, 3.8) is 0 Å². The molecule has 3 unspecified atom stereocenters.